The number of aliphatic hydroxyl groups is 1. The van der Waals surface area contributed by atoms with Crippen LogP contribution >= 0.6 is 0 Å². The molecule has 0 radical (unpaired) electrons. The van der Waals surface area contributed by atoms with E-state index in [1.54, 1.807) is 0 Å². The fraction of sp³-hybridized carbons (Fsp3) is 0.667. The first-order valence-electron chi connectivity index (χ1n) is 1.55. The third-order valence-corrected chi connectivity index (χ3v) is 0.357. The van der Waals surface area contributed by atoms with Crippen LogP contribution in [0.1, 0.15) is 9.78 Å². The second-order valence-corrected chi connectivity index (χ2v) is 1.01. The van der Waals surface area contributed by atoms with E-state index in [0.29, 0.717) is 0 Å². The third-order valence-electron chi connectivity index (χ3n) is 0.357. The summed E-state index contributed by atoms with van der Waals surface area (Å²) in [5.41, 5.74) is 0. The molecule has 0 fully saturated rings. The van der Waals surface area contributed by atoms with Crippen LogP contribution in [0.3, 0.4) is 0 Å². The van der Waals surface area contributed by atoms with E-state index in [9.17, 15) is 4.79 Å². The summed E-state index contributed by atoms with van der Waals surface area (Å²) in [5, 5.41) is 15.8. The van der Waals surface area contributed by atoms with Gasteiger partial charge in [0, 0.05) is 0 Å². The van der Waals surface area contributed by atoms with Crippen LogP contribution in [-0.2, 0) is 4.79 Å². The molecule has 0 bridgehead atoms. The molecule has 0 aromatic heterocycles. The van der Waals surface area contributed by atoms with Crippen LogP contribution in [0.4, 0.5) is 0 Å². The van der Waals surface area contributed by atoms with E-state index < -0.39 is 12.1 Å². The first kappa shape index (κ1) is 54.7. The Morgan fingerprint density at radius 3 is 1.25 bits per heavy atom. The molecule has 1 unspecified atom stereocenters. The summed E-state index contributed by atoms with van der Waals surface area (Å²) in [6.07, 6.45) is -1.23. The Morgan fingerprint density at radius 1 is 1.17 bits per heavy atom. The zero-order valence-corrected chi connectivity index (χ0v) is 8.80. The van der Waals surface area contributed by atoms with Gasteiger partial charge < -0.3 is 40.4 Å². The zero-order chi connectivity index (χ0) is 5.15. The molecular weight excluding hydrogens is 204 g/mol. The van der Waals surface area contributed by atoms with Gasteiger partial charge in [-0.05, 0) is 6.92 Å². The van der Waals surface area contributed by atoms with Crippen LogP contribution in [0.5, 0.6) is 0 Å². The SMILES string of the molecule is CC(O)C(=O)O.O.O.O.O.O.[Ca+2].[H-].[H-]. The Kier molecular flexibility index (Phi) is 137. The van der Waals surface area contributed by atoms with Gasteiger partial charge in [0.2, 0.25) is 0 Å². The second-order valence-electron chi connectivity index (χ2n) is 1.01. The molecule has 0 aliphatic rings. The number of carboxylic acid groups (broad SMARTS) is 1. The summed E-state index contributed by atoms with van der Waals surface area (Å²) in [5.74, 6) is -1.19. The predicted octanol–water partition coefficient (Wildman–Crippen LogP) is -4.83. The number of hydrogen-bond donors (Lipinski definition) is 2. The molecule has 0 rings (SSSR count). The molecule has 0 aromatic carbocycles. The van der Waals surface area contributed by atoms with E-state index in [4.69, 9.17) is 10.2 Å². The summed E-state index contributed by atoms with van der Waals surface area (Å²) in [4.78, 5) is 9.45. The van der Waals surface area contributed by atoms with Gasteiger partial charge in [-0.2, -0.15) is 0 Å². The van der Waals surface area contributed by atoms with Crippen molar-refractivity contribution in [3.63, 3.8) is 0 Å². The zero-order valence-electron chi connectivity index (χ0n) is 8.59. The molecule has 0 aromatic rings. The maximum atomic E-state index is 9.45. The maximum absolute atomic E-state index is 9.45. The van der Waals surface area contributed by atoms with Crippen LogP contribution in [0.25, 0.3) is 0 Å². The van der Waals surface area contributed by atoms with Gasteiger partial charge in [0.15, 0.2) is 0 Å². The number of carbonyl (C=O) groups is 1. The van der Waals surface area contributed by atoms with Gasteiger partial charge in [-0.3, -0.25) is 0 Å². The van der Waals surface area contributed by atoms with Crippen molar-refractivity contribution in [2.45, 2.75) is 13.0 Å². The normalized spacial score (nSPS) is 6.83. The molecule has 0 spiro atoms. The van der Waals surface area contributed by atoms with Gasteiger partial charge in [0.05, 0.1) is 0 Å². The van der Waals surface area contributed by atoms with Crippen molar-refractivity contribution >= 4 is 43.7 Å². The average Bonchev–Trinajstić information content (AvgIpc) is 1.36. The monoisotopic (exact) mass is 222 g/mol. The fourth-order valence-corrected chi connectivity index (χ4v) is 0. The second kappa shape index (κ2) is 30.0. The minimum Gasteiger partial charge on any atom is -1.00 e. The average molecular weight is 222 g/mol. The summed E-state index contributed by atoms with van der Waals surface area (Å²) >= 11 is 0. The molecule has 0 aliphatic carbocycles. The molecule has 0 saturated carbocycles. The van der Waals surface area contributed by atoms with Crippen molar-refractivity contribution in [3.8, 4) is 0 Å². The van der Waals surface area contributed by atoms with Crippen molar-refractivity contribution in [1.29, 1.82) is 0 Å². The van der Waals surface area contributed by atoms with Crippen LogP contribution in [0.15, 0.2) is 0 Å². The van der Waals surface area contributed by atoms with E-state index in [-0.39, 0.29) is 68.0 Å². The number of rotatable bonds is 1. The Bertz CT molecular complexity index is 73.6. The molecule has 9 heteroatoms. The van der Waals surface area contributed by atoms with E-state index in [1.165, 1.54) is 6.92 Å². The number of hydrogen-bond acceptors (Lipinski definition) is 2. The maximum Gasteiger partial charge on any atom is 2.00 e. The number of carboxylic acids is 1. The van der Waals surface area contributed by atoms with Crippen LogP contribution in [-0.4, -0.2) is 87.4 Å². The molecule has 8 nitrogen and oxygen atoms in total. The minimum absolute atomic E-state index is 0. The Hall–Kier alpha value is 0.490. The van der Waals surface area contributed by atoms with Crippen LogP contribution < -0.4 is 0 Å². The van der Waals surface area contributed by atoms with E-state index in [1.807, 2.05) is 0 Å². The standard InChI is InChI=1S/C3H6O3.Ca.5H2O.2H/c1-2(4)3(5)6;;;;;;;;/h2,4H,1H3,(H,5,6);;5*1H2;;/q;+2;;;;;;2*-1. The summed E-state index contributed by atoms with van der Waals surface area (Å²) in [6, 6.07) is 0. The van der Waals surface area contributed by atoms with Crippen LogP contribution in [0.2, 0.25) is 0 Å². The van der Waals surface area contributed by atoms with E-state index >= 15 is 0 Å². The van der Waals surface area contributed by atoms with Gasteiger partial charge in [0.1, 0.15) is 6.10 Å². The van der Waals surface area contributed by atoms with E-state index in [2.05, 4.69) is 0 Å². The van der Waals surface area contributed by atoms with Gasteiger partial charge in [-0.1, -0.05) is 0 Å². The van der Waals surface area contributed by atoms with Crippen molar-refractivity contribution in [2.75, 3.05) is 0 Å². The summed E-state index contributed by atoms with van der Waals surface area (Å²) < 4.78 is 0. The molecule has 0 heterocycles. The minimum atomic E-state index is -1.23. The van der Waals surface area contributed by atoms with Crippen molar-refractivity contribution < 1.29 is 45.2 Å². The fourth-order valence-electron chi connectivity index (χ4n) is 0. The molecule has 12 heavy (non-hydrogen) atoms. The van der Waals surface area contributed by atoms with Gasteiger partial charge in [0.25, 0.3) is 0 Å². The summed E-state index contributed by atoms with van der Waals surface area (Å²) in [6.45, 7) is 1.20. The molecular formula is C3H18CaO8. The van der Waals surface area contributed by atoms with Gasteiger partial charge in [-0.15, -0.1) is 0 Å². The molecule has 12 N–H and O–H groups in total. The Labute approximate surface area is 102 Å². The molecule has 0 aliphatic heterocycles. The van der Waals surface area contributed by atoms with Crippen molar-refractivity contribution in [3.05, 3.63) is 0 Å². The largest absolute Gasteiger partial charge is 2.00 e. The first-order chi connectivity index (χ1) is 2.64. The smallest absolute Gasteiger partial charge is 1.00 e. The molecule has 1 atom stereocenters. The van der Waals surface area contributed by atoms with Gasteiger partial charge >= 0.3 is 43.7 Å². The van der Waals surface area contributed by atoms with Gasteiger partial charge in [-0.25, -0.2) is 4.79 Å². The van der Waals surface area contributed by atoms with E-state index in [0.717, 1.165) is 0 Å². The Morgan fingerprint density at radius 2 is 1.25 bits per heavy atom. The first-order valence-corrected chi connectivity index (χ1v) is 1.55. The van der Waals surface area contributed by atoms with Crippen molar-refractivity contribution in [2.24, 2.45) is 0 Å². The third kappa shape index (κ3) is 46.9. The number of aliphatic hydroxyl groups excluding tert-OH is 1. The predicted molar refractivity (Wildman–Crippen MR) is 45.4 cm³/mol. The topological polar surface area (TPSA) is 215 Å². The number of aliphatic carboxylic acids is 1. The molecule has 80 valence electrons. The Balaban J connectivity index is -0.00000000446. The quantitative estimate of drug-likeness (QED) is 0.417. The van der Waals surface area contributed by atoms with Crippen LogP contribution in [0, 0.1) is 0 Å². The van der Waals surface area contributed by atoms with Crippen molar-refractivity contribution in [1.82, 2.24) is 0 Å². The summed E-state index contributed by atoms with van der Waals surface area (Å²) in [7, 11) is 0. The molecule has 0 amide bonds. The molecule has 0 saturated heterocycles.